The van der Waals surface area contributed by atoms with Crippen LogP contribution in [0.4, 0.5) is 0 Å². The van der Waals surface area contributed by atoms with E-state index in [0.29, 0.717) is 0 Å². The number of nitrogens with zero attached hydrogens (tertiary/aromatic N) is 1. The van der Waals surface area contributed by atoms with Gasteiger partial charge in [-0.1, -0.05) is 12.8 Å². The van der Waals surface area contributed by atoms with Crippen LogP contribution in [0.5, 0.6) is 0 Å². The lowest BCUT2D eigenvalue weighted by molar-refractivity contribution is 0.152. The standard InChI is InChI=1S/C14H26N2/c1-16(10-11-4-2-3-5-11)14-8-12-6-7-13(9-14)15-12/h11-15H,2-10H2,1H3. The topological polar surface area (TPSA) is 15.3 Å². The molecular weight excluding hydrogens is 196 g/mol. The van der Waals surface area contributed by atoms with Gasteiger partial charge in [-0.2, -0.15) is 0 Å². The summed E-state index contributed by atoms with van der Waals surface area (Å²) in [4.78, 5) is 2.68. The van der Waals surface area contributed by atoms with Gasteiger partial charge in [-0.25, -0.2) is 0 Å². The number of hydrogen-bond donors (Lipinski definition) is 1. The summed E-state index contributed by atoms with van der Waals surface area (Å²) in [6.45, 7) is 1.37. The first-order valence-electron chi connectivity index (χ1n) is 7.27. The fourth-order valence-corrected chi connectivity index (χ4v) is 4.14. The predicted octanol–water partition coefficient (Wildman–Crippen LogP) is 2.39. The van der Waals surface area contributed by atoms with Crippen LogP contribution in [0.25, 0.3) is 0 Å². The van der Waals surface area contributed by atoms with Crippen LogP contribution in [-0.2, 0) is 0 Å². The Bertz CT molecular complexity index is 223. The lowest BCUT2D eigenvalue weighted by atomic mass is 9.97. The number of hydrogen-bond acceptors (Lipinski definition) is 2. The van der Waals surface area contributed by atoms with Crippen LogP contribution in [0.2, 0.25) is 0 Å². The summed E-state index contributed by atoms with van der Waals surface area (Å²) >= 11 is 0. The third kappa shape index (κ3) is 2.28. The molecule has 2 saturated heterocycles. The van der Waals surface area contributed by atoms with Crippen molar-refractivity contribution in [2.45, 2.75) is 69.5 Å². The highest BCUT2D eigenvalue weighted by Crippen LogP contribution is 2.31. The van der Waals surface area contributed by atoms with Gasteiger partial charge in [0, 0.05) is 24.7 Å². The highest BCUT2D eigenvalue weighted by molar-refractivity contribution is 4.95. The van der Waals surface area contributed by atoms with Gasteiger partial charge in [-0.05, 0) is 51.5 Å². The molecule has 0 amide bonds. The molecule has 1 saturated carbocycles. The maximum absolute atomic E-state index is 3.74. The fraction of sp³-hybridized carbons (Fsp3) is 1.00. The molecule has 2 heteroatoms. The summed E-state index contributed by atoms with van der Waals surface area (Å²) in [5.74, 6) is 1.01. The van der Waals surface area contributed by atoms with E-state index in [-0.39, 0.29) is 0 Å². The molecule has 0 aromatic rings. The first-order valence-corrected chi connectivity index (χ1v) is 7.27. The van der Waals surface area contributed by atoms with Gasteiger partial charge in [-0.3, -0.25) is 0 Å². The molecule has 0 aromatic carbocycles. The molecule has 2 nitrogen and oxygen atoms in total. The molecule has 2 heterocycles. The SMILES string of the molecule is CN(CC1CCCC1)C1CC2CCC(C1)N2. The number of rotatable bonds is 3. The Labute approximate surface area is 99.8 Å². The zero-order chi connectivity index (χ0) is 11.0. The Morgan fingerprint density at radius 1 is 1.00 bits per heavy atom. The van der Waals surface area contributed by atoms with Crippen LogP contribution >= 0.6 is 0 Å². The van der Waals surface area contributed by atoms with Crippen LogP contribution in [0.3, 0.4) is 0 Å². The summed E-state index contributed by atoms with van der Waals surface area (Å²) in [6, 6.07) is 2.56. The largest absolute Gasteiger partial charge is 0.311 e. The van der Waals surface area contributed by atoms with Crippen LogP contribution < -0.4 is 5.32 Å². The first-order chi connectivity index (χ1) is 7.81. The van der Waals surface area contributed by atoms with Gasteiger partial charge in [0.2, 0.25) is 0 Å². The van der Waals surface area contributed by atoms with Gasteiger partial charge in [0.15, 0.2) is 0 Å². The molecule has 1 N–H and O–H groups in total. The van der Waals surface area contributed by atoms with Gasteiger partial charge >= 0.3 is 0 Å². The van der Waals surface area contributed by atoms with Gasteiger partial charge in [-0.15, -0.1) is 0 Å². The molecule has 2 unspecified atom stereocenters. The molecule has 0 radical (unpaired) electrons. The van der Waals surface area contributed by atoms with Crippen molar-refractivity contribution >= 4 is 0 Å². The summed E-state index contributed by atoms with van der Waals surface area (Å²) in [6.07, 6.45) is 11.6. The molecule has 2 aliphatic heterocycles. The van der Waals surface area contributed by atoms with Crippen molar-refractivity contribution in [1.29, 1.82) is 0 Å². The average molecular weight is 222 g/mol. The minimum absolute atomic E-state index is 0.842. The monoisotopic (exact) mass is 222 g/mol. The summed E-state index contributed by atoms with van der Waals surface area (Å²) in [5.41, 5.74) is 0. The van der Waals surface area contributed by atoms with E-state index in [4.69, 9.17) is 0 Å². The highest BCUT2D eigenvalue weighted by atomic mass is 15.2. The predicted molar refractivity (Wildman–Crippen MR) is 67.6 cm³/mol. The van der Waals surface area contributed by atoms with E-state index >= 15 is 0 Å². The van der Waals surface area contributed by atoms with E-state index in [1.807, 2.05) is 0 Å². The van der Waals surface area contributed by atoms with E-state index < -0.39 is 0 Å². The lowest BCUT2D eigenvalue weighted by Gasteiger charge is -2.36. The van der Waals surface area contributed by atoms with Crippen molar-refractivity contribution in [1.82, 2.24) is 10.2 Å². The number of piperidine rings is 1. The first kappa shape index (κ1) is 11.0. The zero-order valence-electron chi connectivity index (χ0n) is 10.6. The molecule has 3 fully saturated rings. The van der Waals surface area contributed by atoms with Gasteiger partial charge in [0.1, 0.15) is 0 Å². The third-order valence-electron chi connectivity index (χ3n) is 5.09. The van der Waals surface area contributed by atoms with Crippen molar-refractivity contribution < 1.29 is 0 Å². The maximum atomic E-state index is 3.74. The van der Waals surface area contributed by atoms with E-state index in [9.17, 15) is 0 Å². The second-order valence-corrected chi connectivity index (χ2v) is 6.35. The third-order valence-corrected chi connectivity index (χ3v) is 5.09. The molecule has 0 aromatic heterocycles. The van der Waals surface area contributed by atoms with Gasteiger partial charge in [0.25, 0.3) is 0 Å². The Balaban J connectivity index is 1.52. The number of fused-ring (bicyclic) bond motifs is 2. The van der Waals surface area contributed by atoms with Crippen molar-refractivity contribution in [3.8, 4) is 0 Å². The van der Waals surface area contributed by atoms with Gasteiger partial charge in [0.05, 0.1) is 0 Å². The van der Waals surface area contributed by atoms with Crippen LogP contribution in [0, 0.1) is 5.92 Å². The smallest absolute Gasteiger partial charge is 0.0122 e. The average Bonchev–Trinajstić information content (AvgIpc) is 2.89. The lowest BCUT2D eigenvalue weighted by Crippen LogP contribution is -2.47. The molecular formula is C14H26N2. The molecule has 2 atom stereocenters. The Hall–Kier alpha value is -0.0800. The van der Waals surface area contributed by atoms with Gasteiger partial charge < -0.3 is 10.2 Å². The molecule has 0 spiro atoms. The maximum Gasteiger partial charge on any atom is 0.0122 e. The Morgan fingerprint density at radius 2 is 1.62 bits per heavy atom. The molecule has 3 aliphatic rings. The zero-order valence-corrected chi connectivity index (χ0v) is 10.6. The minimum atomic E-state index is 0.842. The second-order valence-electron chi connectivity index (χ2n) is 6.35. The van der Waals surface area contributed by atoms with E-state index in [1.165, 1.54) is 57.9 Å². The Morgan fingerprint density at radius 3 is 2.25 bits per heavy atom. The quantitative estimate of drug-likeness (QED) is 0.789. The molecule has 2 bridgehead atoms. The van der Waals surface area contributed by atoms with Crippen LogP contribution in [-0.4, -0.2) is 36.6 Å². The fourth-order valence-electron chi connectivity index (χ4n) is 4.14. The van der Waals surface area contributed by atoms with Crippen molar-refractivity contribution in [3.05, 3.63) is 0 Å². The summed E-state index contributed by atoms with van der Waals surface area (Å²) in [5, 5.41) is 3.74. The van der Waals surface area contributed by atoms with Crippen molar-refractivity contribution in [2.75, 3.05) is 13.6 Å². The second kappa shape index (κ2) is 4.66. The molecule has 16 heavy (non-hydrogen) atoms. The highest BCUT2D eigenvalue weighted by Gasteiger charge is 2.35. The normalized spacial score (nSPS) is 39.8. The molecule has 3 rings (SSSR count). The van der Waals surface area contributed by atoms with E-state index in [2.05, 4.69) is 17.3 Å². The van der Waals surface area contributed by atoms with E-state index in [0.717, 1.165) is 24.0 Å². The number of nitrogens with one attached hydrogen (secondary N) is 1. The minimum Gasteiger partial charge on any atom is -0.311 e. The summed E-state index contributed by atoms with van der Waals surface area (Å²) < 4.78 is 0. The van der Waals surface area contributed by atoms with E-state index in [1.54, 1.807) is 0 Å². The van der Waals surface area contributed by atoms with Crippen LogP contribution in [0.1, 0.15) is 51.4 Å². The Kier molecular flexibility index (Phi) is 3.21. The molecule has 1 aliphatic carbocycles. The van der Waals surface area contributed by atoms with Crippen LogP contribution in [0.15, 0.2) is 0 Å². The molecule has 92 valence electrons. The summed E-state index contributed by atoms with van der Waals surface area (Å²) in [7, 11) is 2.37. The van der Waals surface area contributed by atoms with Crippen molar-refractivity contribution in [2.24, 2.45) is 5.92 Å². The van der Waals surface area contributed by atoms with Crippen molar-refractivity contribution in [3.63, 3.8) is 0 Å².